The fraction of sp³-hybridized carbons (Fsp3) is 0.297. The highest BCUT2D eigenvalue weighted by Gasteiger charge is 2.27. The van der Waals surface area contributed by atoms with Crippen LogP contribution >= 0.6 is 0 Å². The molecule has 2 fully saturated rings. The third-order valence-corrected chi connectivity index (χ3v) is 9.81. The number of likely N-dealkylation sites (tertiary alicyclic amines) is 1. The lowest BCUT2D eigenvalue weighted by Crippen LogP contribution is -2.49. The molecule has 2 saturated heterocycles. The summed E-state index contributed by atoms with van der Waals surface area (Å²) in [4.78, 5) is 52.7. The number of carbonyl (C=O) groups excluding carboxylic acids is 2. The van der Waals surface area contributed by atoms with E-state index in [0.717, 1.165) is 42.2 Å². The molecule has 2 aromatic carbocycles. The van der Waals surface area contributed by atoms with Crippen LogP contribution in [0.1, 0.15) is 33.6 Å². The maximum Gasteiger partial charge on any atom is 0.259 e. The molecule has 0 aliphatic carbocycles. The van der Waals surface area contributed by atoms with Crippen LogP contribution in [-0.2, 0) is 7.05 Å². The molecule has 48 heavy (non-hydrogen) atoms. The zero-order chi connectivity index (χ0) is 32.8. The smallest absolute Gasteiger partial charge is 0.259 e. The molecular formula is C37H38N8O3. The predicted octanol–water partition coefficient (Wildman–Crippen LogP) is 3.92. The summed E-state index contributed by atoms with van der Waals surface area (Å²) in [6, 6.07) is 23.1. The van der Waals surface area contributed by atoms with Gasteiger partial charge < -0.3 is 29.2 Å². The molecule has 0 radical (unpaired) electrons. The fourth-order valence-electron chi connectivity index (χ4n) is 7.26. The largest absolute Gasteiger partial charge is 0.353 e. The quantitative estimate of drug-likeness (QED) is 0.284. The number of hydrogen-bond donors (Lipinski definition) is 1. The Hall–Kier alpha value is -5.42. The molecule has 6 aromatic rings. The van der Waals surface area contributed by atoms with Crippen molar-refractivity contribution in [1.82, 2.24) is 33.6 Å². The number of anilines is 1. The average molecular weight is 643 g/mol. The van der Waals surface area contributed by atoms with Gasteiger partial charge in [-0.3, -0.25) is 18.8 Å². The van der Waals surface area contributed by atoms with Crippen LogP contribution < -0.4 is 15.6 Å². The Labute approximate surface area is 277 Å². The third-order valence-electron chi connectivity index (χ3n) is 9.81. The van der Waals surface area contributed by atoms with Crippen molar-refractivity contribution in [2.75, 3.05) is 57.3 Å². The van der Waals surface area contributed by atoms with Crippen molar-refractivity contribution < 1.29 is 9.59 Å². The summed E-state index contributed by atoms with van der Waals surface area (Å²) in [6.45, 7) is 5.64. The highest BCUT2D eigenvalue weighted by Crippen LogP contribution is 2.27. The van der Waals surface area contributed by atoms with Crippen LogP contribution in [0.5, 0.6) is 0 Å². The number of pyridine rings is 2. The number of fused-ring (bicyclic) bond motifs is 5. The van der Waals surface area contributed by atoms with Gasteiger partial charge in [-0.2, -0.15) is 0 Å². The van der Waals surface area contributed by atoms with Gasteiger partial charge in [0.25, 0.3) is 11.8 Å². The third kappa shape index (κ3) is 5.20. The monoisotopic (exact) mass is 642 g/mol. The first-order valence-corrected chi connectivity index (χ1v) is 16.7. The molecule has 11 heteroatoms. The summed E-state index contributed by atoms with van der Waals surface area (Å²) in [5, 5.41) is 3.42. The van der Waals surface area contributed by atoms with Crippen molar-refractivity contribution in [3.63, 3.8) is 0 Å². The first kappa shape index (κ1) is 29.9. The molecule has 1 N–H and O–H groups in total. The summed E-state index contributed by atoms with van der Waals surface area (Å²) in [6.07, 6.45) is 6.29. The van der Waals surface area contributed by atoms with E-state index in [4.69, 9.17) is 4.98 Å². The van der Waals surface area contributed by atoms with Crippen LogP contribution in [0.2, 0.25) is 0 Å². The van der Waals surface area contributed by atoms with Gasteiger partial charge >= 0.3 is 0 Å². The maximum absolute atomic E-state index is 14.1. The number of rotatable bonds is 7. The van der Waals surface area contributed by atoms with Gasteiger partial charge in [-0.05, 0) is 80.5 Å². The van der Waals surface area contributed by atoms with E-state index in [1.807, 2.05) is 105 Å². The second-order valence-electron chi connectivity index (χ2n) is 12.7. The Balaban J connectivity index is 1.09. The lowest BCUT2D eigenvalue weighted by Gasteiger charge is -2.35. The number of aromatic nitrogens is 4. The number of hydrogen-bond acceptors (Lipinski definition) is 6. The van der Waals surface area contributed by atoms with Crippen LogP contribution in [0.15, 0.2) is 90.0 Å². The topological polar surface area (TPSA) is 100 Å². The molecule has 0 spiro atoms. The van der Waals surface area contributed by atoms with Crippen LogP contribution in [-0.4, -0.2) is 92.5 Å². The minimum absolute atomic E-state index is 0.00498. The van der Waals surface area contributed by atoms with Crippen LogP contribution in [0.3, 0.4) is 0 Å². The number of benzene rings is 2. The minimum atomic E-state index is -0.367. The van der Waals surface area contributed by atoms with E-state index < -0.39 is 0 Å². The van der Waals surface area contributed by atoms with Crippen molar-refractivity contribution in [3.8, 4) is 5.69 Å². The van der Waals surface area contributed by atoms with E-state index in [-0.39, 0.29) is 22.8 Å². The van der Waals surface area contributed by atoms with Crippen molar-refractivity contribution in [2.45, 2.75) is 12.8 Å². The lowest BCUT2D eigenvalue weighted by atomic mass is 10.1. The zero-order valence-corrected chi connectivity index (χ0v) is 27.0. The van der Waals surface area contributed by atoms with Gasteiger partial charge in [0, 0.05) is 70.0 Å². The Morgan fingerprint density at radius 2 is 1.58 bits per heavy atom. The van der Waals surface area contributed by atoms with E-state index in [2.05, 4.69) is 15.1 Å². The molecule has 8 rings (SSSR count). The van der Waals surface area contributed by atoms with Crippen LogP contribution in [0, 0.1) is 0 Å². The summed E-state index contributed by atoms with van der Waals surface area (Å²) < 4.78 is 5.85. The standard InChI is InChI=1S/C37H38N8O3/c1-40-29-11-2-3-12-30(29)45-34-28(33(46)32(36(40)45)35(47)38-15-20-41-16-4-5-17-41)13-14-31(39-34)43-21-23-44(24-22-43)37(48)26-9-8-10-27(25-26)42-18-6-7-19-42/h2-3,6-14,18-19,25H,4-5,15-17,20-24H2,1H3,(H,38,47). The summed E-state index contributed by atoms with van der Waals surface area (Å²) >= 11 is 0. The second-order valence-corrected chi connectivity index (χ2v) is 12.7. The number of nitrogens with zero attached hydrogens (tertiary/aromatic N) is 7. The number of para-hydroxylation sites is 2. The molecule has 11 nitrogen and oxygen atoms in total. The number of aryl methyl sites for hydroxylation is 1. The Morgan fingerprint density at radius 3 is 2.35 bits per heavy atom. The molecule has 6 heterocycles. The van der Waals surface area contributed by atoms with Gasteiger partial charge in [0.2, 0.25) is 5.43 Å². The minimum Gasteiger partial charge on any atom is -0.353 e. The molecule has 2 aliphatic heterocycles. The van der Waals surface area contributed by atoms with Gasteiger partial charge in [-0.1, -0.05) is 18.2 Å². The number of carbonyl (C=O) groups is 2. The zero-order valence-electron chi connectivity index (χ0n) is 27.0. The van der Waals surface area contributed by atoms with Gasteiger partial charge in [-0.15, -0.1) is 0 Å². The molecule has 0 unspecified atom stereocenters. The SMILES string of the molecule is Cn1c2ccccc2n2c3nc(N4CCN(C(=O)c5cccc(-n6cccc6)c5)CC4)ccc3c(=O)c(C(=O)NCCN3CCCC3)c12. The number of imidazole rings is 1. The summed E-state index contributed by atoms with van der Waals surface area (Å²) in [7, 11) is 1.89. The number of nitrogens with one attached hydrogen (secondary N) is 1. The Morgan fingerprint density at radius 1 is 0.833 bits per heavy atom. The Bertz CT molecular complexity index is 2220. The van der Waals surface area contributed by atoms with Crippen molar-refractivity contribution in [3.05, 3.63) is 107 Å². The first-order valence-electron chi connectivity index (χ1n) is 16.7. The molecule has 2 amide bonds. The predicted molar refractivity (Wildman–Crippen MR) is 187 cm³/mol. The number of piperazine rings is 1. The van der Waals surface area contributed by atoms with Crippen molar-refractivity contribution in [1.29, 1.82) is 0 Å². The molecule has 244 valence electrons. The van der Waals surface area contributed by atoms with Crippen LogP contribution in [0.25, 0.3) is 33.4 Å². The number of amides is 2. The van der Waals surface area contributed by atoms with E-state index in [1.165, 1.54) is 12.8 Å². The first-order chi connectivity index (χ1) is 23.5. The molecule has 2 aliphatic rings. The van der Waals surface area contributed by atoms with E-state index in [0.29, 0.717) is 55.0 Å². The molecule has 4 aromatic heterocycles. The molecule has 0 bridgehead atoms. The van der Waals surface area contributed by atoms with E-state index >= 15 is 0 Å². The maximum atomic E-state index is 14.1. The fourth-order valence-corrected chi connectivity index (χ4v) is 7.26. The molecule has 0 saturated carbocycles. The lowest BCUT2D eigenvalue weighted by molar-refractivity contribution is 0.0746. The molecule has 0 atom stereocenters. The second kappa shape index (κ2) is 12.3. The highest BCUT2D eigenvalue weighted by atomic mass is 16.2. The van der Waals surface area contributed by atoms with E-state index in [1.54, 1.807) is 6.07 Å². The van der Waals surface area contributed by atoms with Gasteiger partial charge in [-0.25, -0.2) is 4.98 Å². The van der Waals surface area contributed by atoms with E-state index in [9.17, 15) is 14.4 Å². The highest BCUT2D eigenvalue weighted by molar-refractivity contribution is 6.06. The van der Waals surface area contributed by atoms with Crippen molar-refractivity contribution in [2.24, 2.45) is 7.05 Å². The average Bonchev–Trinajstić information content (AvgIpc) is 3.91. The summed E-state index contributed by atoms with van der Waals surface area (Å²) in [5.74, 6) is 0.367. The van der Waals surface area contributed by atoms with Gasteiger partial charge in [0.1, 0.15) is 17.0 Å². The van der Waals surface area contributed by atoms with Gasteiger partial charge in [0.15, 0.2) is 5.65 Å². The Kier molecular flexibility index (Phi) is 7.68. The normalized spacial score (nSPS) is 15.6. The van der Waals surface area contributed by atoms with Crippen LogP contribution in [0.4, 0.5) is 5.82 Å². The van der Waals surface area contributed by atoms with Gasteiger partial charge in [0.05, 0.1) is 16.4 Å². The molecular weight excluding hydrogens is 604 g/mol. The van der Waals surface area contributed by atoms with Crippen molar-refractivity contribution >= 4 is 45.3 Å². The summed E-state index contributed by atoms with van der Waals surface area (Å²) in [5.41, 5.74) is 4.21.